The maximum Gasteiger partial charge on any atom is 0.258 e. The van der Waals surface area contributed by atoms with Crippen molar-refractivity contribution in [3.63, 3.8) is 0 Å². The van der Waals surface area contributed by atoms with E-state index in [-0.39, 0.29) is 5.91 Å². The summed E-state index contributed by atoms with van der Waals surface area (Å²) < 4.78 is 0.810. The van der Waals surface area contributed by atoms with Crippen molar-refractivity contribution in [1.82, 2.24) is 4.90 Å². The zero-order valence-electron chi connectivity index (χ0n) is 11.6. The first-order valence-corrected chi connectivity index (χ1v) is 8.88. The fourth-order valence-electron chi connectivity index (χ4n) is 2.40. The molecule has 1 aliphatic rings. The molecule has 1 amide bonds. The van der Waals surface area contributed by atoms with Crippen LogP contribution in [-0.4, -0.2) is 24.4 Å². The number of anilines is 1. The number of fused-ring (bicyclic) bond motifs is 1. The maximum absolute atomic E-state index is 12.3. The Morgan fingerprint density at radius 2 is 2.23 bits per heavy atom. The topological polar surface area (TPSA) is 56.1 Å². The van der Waals surface area contributed by atoms with Crippen LogP contribution in [0.25, 0.3) is 0 Å². The summed E-state index contributed by atoms with van der Waals surface area (Å²) in [4.78, 5) is 15.7. The quantitative estimate of drug-likeness (QED) is 0.859. The fraction of sp³-hybridized carbons (Fsp3) is 0.286. The van der Waals surface area contributed by atoms with Crippen LogP contribution in [0.5, 0.6) is 0 Å². The third-order valence-corrected chi connectivity index (χ3v) is 6.11. The Morgan fingerprint density at radius 1 is 1.45 bits per heavy atom. The summed E-state index contributed by atoms with van der Waals surface area (Å²) in [5.41, 5.74) is 1.96. The highest BCUT2D eigenvalue weighted by atomic mass is 35.5. The Bertz CT molecular complexity index is 791. The minimum Gasteiger partial charge on any atom is -0.312 e. The van der Waals surface area contributed by atoms with Gasteiger partial charge in [-0.15, -0.1) is 22.7 Å². The number of hydrogen-bond acceptors (Lipinski definition) is 5. The molecule has 2 aromatic heterocycles. The molecule has 0 aromatic carbocycles. The molecule has 0 atom stereocenters. The van der Waals surface area contributed by atoms with Gasteiger partial charge in [0.05, 0.1) is 15.5 Å². The standard InChI is InChI=1S/C14H11Cl2N3OS2/c1-19-3-2-7-9(5-17)14(21-10(7)6-19)18-13(20)8-4-11(15)22-12(8)16/h4H,2-3,6H2,1H3,(H,18,20). The second-order valence-electron chi connectivity index (χ2n) is 5.00. The zero-order valence-corrected chi connectivity index (χ0v) is 14.7. The normalized spacial score (nSPS) is 14.5. The van der Waals surface area contributed by atoms with Crippen LogP contribution in [0.2, 0.25) is 8.67 Å². The lowest BCUT2D eigenvalue weighted by Gasteiger charge is -2.21. The molecule has 114 valence electrons. The molecule has 0 fully saturated rings. The van der Waals surface area contributed by atoms with Gasteiger partial charge in [-0.2, -0.15) is 5.26 Å². The Balaban J connectivity index is 1.91. The van der Waals surface area contributed by atoms with Gasteiger partial charge in [-0.3, -0.25) is 4.79 Å². The van der Waals surface area contributed by atoms with Crippen molar-refractivity contribution >= 4 is 56.8 Å². The Hall–Kier alpha value is -1.10. The summed E-state index contributed by atoms with van der Waals surface area (Å²) in [6.45, 7) is 1.72. The van der Waals surface area contributed by atoms with Gasteiger partial charge in [-0.1, -0.05) is 23.2 Å². The molecule has 0 saturated heterocycles. The second kappa shape index (κ2) is 6.19. The highest BCUT2D eigenvalue weighted by Gasteiger charge is 2.24. The Labute approximate surface area is 145 Å². The average Bonchev–Trinajstić information content (AvgIpc) is 2.97. The lowest BCUT2D eigenvalue weighted by atomic mass is 10.0. The molecule has 3 rings (SSSR count). The molecule has 0 saturated carbocycles. The number of nitrogens with zero attached hydrogens (tertiary/aromatic N) is 2. The van der Waals surface area contributed by atoms with E-state index in [0.29, 0.717) is 24.8 Å². The number of thiophene rings is 2. The van der Waals surface area contributed by atoms with Gasteiger partial charge in [0, 0.05) is 18.0 Å². The number of nitriles is 1. The van der Waals surface area contributed by atoms with Crippen molar-refractivity contribution in [3.05, 3.63) is 36.3 Å². The molecule has 22 heavy (non-hydrogen) atoms. The lowest BCUT2D eigenvalue weighted by molar-refractivity contribution is 0.102. The van der Waals surface area contributed by atoms with E-state index in [9.17, 15) is 10.1 Å². The fourth-order valence-corrected chi connectivity index (χ4v) is 5.13. The summed E-state index contributed by atoms with van der Waals surface area (Å²) in [6, 6.07) is 3.75. The number of hydrogen-bond donors (Lipinski definition) is 1. The van der Waals surface area contributed by atoms with Gasteiger partial charge in [0.15, 0.2) is 0 Å². The van der Waals surface area contributed by atoms with E-state index in [2.05, 4.69) is 16.3 Å². The van der Waals surface area contributed by atoms with Crippen molar-refractivity contribution in [2.45, 2.75) is 13.0 Å². The van der Waals surface area contributed by atoms with E-state index in [4.69, 9.17) is 23.2 Å². The van der Waals surface area contributed by atoms with E-state index in [1.54, 1.807) is 0 Å². The highest BCUT2D eigenvalue weighted by molar-refractivity contribution is 7.20. The number of likely N-dealkylation sites (N-methyl/N-ethyl adjacent to an activating group) is 1. The van der Waals surface area contributed by atoms with Crippen molar-refractivity contribution in [2.24, 2.45) is 0 Å². The first-order valence-electron chi connectivity index (χ1n) is 6.49. The van der Waals surface area contributed by atoms with Crippen LogP contribution in [0.15, 0.2) is 6.07 Å². The van der Waals surface area contributed by atoms with Crippen LogP contribution in [0.4, 0.5) is 5.00 Å². The molecular weight excluding hydrogens is 361 g/mol. The number of carbonyl (C=O) groups is 1. The molecule has 1 N–H and O–H groups in total. The molecule has 2 aromatic rings. The molecule has 0 radical (unpaired) electrons. The van der Waals surface area contributed by atoms with Crippen LogP contribution in [-0.2, 0) is 13.0 Å². The first-order chi connectivity index (χ1) is 10.5. The predicted molar refractivity (Wildman–Crippen MR) is 91.4 cm³/mol. The summed E-state index contributed by atoms with van der Waals surface area (Å²) in [5, 5.41) is 12.8. The summed E-state index contributed by atoms with van der Waals surface area (Å²) in [7, 11) is 2.04. The molecule has 0 bridgehead atoms. The maximum atomic E-state index is 12.3. The van der Waals surface area contributed by atoms with Crippen LogP contribution < -0.4 is 5.32 Å². The third kappa shape index (κ3) is 2.87. The van der Waals surface area contributed by atoms with Gasteiger partial charge < -0.3 is 10.2 Å². The van der Waals surface area contributed by atoms with E-state index in [0.717, 1.165) is 41.3 Å². The summed E-state index contributed by atoms with van der Waals surface area (Å²) >= 11 is 14.5. The minimum absolute atomic E-state index is 0.336. The van der Waals surface area contributed by atoms with Gasteiger partial charge in [-0.25, -0.2) is 0 Å². The van der Waals surface area contributed by atoms with E-state index >= 15 is 0 Å². The SMILES string of the molecule is CN1CCc2c(sc(NC(=O)c3cc(Cl)sc3Cl)c2C#N)C1. The van der Waals surface area contributed by atoms with Crippen LogP contribution in [0.3, 0.4) is 0 Å². The Kier molecular flexibility index (Phi) is 4.44. The minimum atomic E-state index is -0.336. The van der Waals surface area contributed by atoms with Gasteiger partial charge >= 0.3 is 0 Å². The number of halogens is 2. The van der Waals surface area contributed by atoms with Crippen LogP contribution in [0, 0.1) is 11.3 Å². The predicted octanol–water partition coefficient (Wildman–Crippen LogP) is 4.23. The smallest absolute Gasteiger partial charge is 0.258 e. The molecule has 4 nitrogen and oxygen atoms in total. The average molecular weight is 372 g/mol. The molecule has 8 heteroatoms. The third-order valence-electron chi connectivity index (χ3n) is 3.49. The lowest BCUT2D eigenvalue weighted by Crippen LogP contribution is -2.25. The number of nitrogens with one attached hydrogen (secondary N) is 1. The number of rotatable bonds is 2. The molecule has 0 spiro atoms. The van der Waals surface area contributed by atoms with E-state index in [1.807, 2.05) is 7.05 Å². The molecule has 3 heterocycles. The van der Waals surface area contributed by atoms with Crippen molar-refractivity contribution in [1.29, 1.82) is 5.26 Å². The molecular formula is C14H11Cl2N3OS2. The van der Waals surface area contributed by atoms with Crippen LogP contribution >= 0.6 is 45.9 Å². The molecule has 0 unspecified atom stereocenters. The van der Waals surface area contributed by atoms with Crippen molar-refractivity contribution in [3.8, 4) is 6.07 Å². The number of carbonyl (C=O) groups excluding carboxylic acids is 1. The second-order valence-corrected chi connectivity index (χ2v) is 8.39. The van der Waals surface area contributed by atoms with Crippen molar-refractivity contribution in [2.75, 3.05) is 18.9 Å². The van der Waals surface area contributed by atoms with Gasteiger partial charge in [0.25, 0.3) is 5.91 Å². The van der Waals surface area contributed by atoms with Gasteiger partial charge in [-0.05, 0) is 25.1 Å². The molecule has 0 aliphatic carbocycles. The van der Waals surface area contributed by atoms with Gasteiger partial charge in [0.1, 0.15) is 15.4 Å². The van der Waals surface area contributed by atoms with E-state index < -0.39 is 0 Å². The van der Waals surface area contributed by atoms with E-state index in [1.165, 1.54) is 17.4 Å². The van der Waals surface area contributed by atoms with Crippen LogP contribution in [0.1, 0.15) is 26.4 Å². The highest BCUT2D eigenvalue weighted by Crippen LogP contribution is 2.37. The zero-order chi connectivity index (χ0) is 15.9. The largest absolute Gasteiger partial charge is 0.312 e. The summed E-state index contributed by atoms with van der Waals surface area (Å²) in [5.74, 6) is -0.336. The monoisotopic (exact) mass is 371 g/mol. The summed E-state index contributed by atoms with van der Waals surface area (Å²) in [6.07, 6.45) is 0.826. The van der Waals surface area contributed by atoms with Gasteiger partial charge in [0.2, 0.25) is 0 Å². The first kappa shape index (κ1) is 15.8. The number of amides is 1. The Morgan fingerprint density at radius 3 is 2.86 bits per heavy atom. The molecule has 1 aliphatic heterocycles. The van der Waals surface area contributed by atoms with Crippen molar-refractivity contribution < 1.29 is 4.79 Å².